The van der Waals surface area contributed by atoms with Gasteiger partial charge in [0.25, 0.3) is 11.5 Å². The average Bonchev–Trinajstić information content (AvgIpc) is 3.25. The zero-order valence-corrected chi connectivity index (χ0v) is 19.5. The highest BCUT2D eigenvalue weighted by Crippen LogP contribution is 2.21. The quantitative estimate of drug-likeness (QED) is 0.327. The second-order valence-electron chi connectivity index (χ2n) is 7.99. The van der Waals surface area contributed by atoms with Gasteiger partial charge in [-0.25, -0.2) is 4.79 Å². The molecular weight excluding hydrogens is 478 g/mol. The maximum Gasteiger partial charge on any atom is 0.326 e. The first-order chi connectivity index (χ1) is 16.5. The van der Waals surface area contributed by atoms with Crippen LogP contribution in [0.2, 0.25) is 5.02 Å². The summed E-state index contributed by atoms with van der Waals surface area (Å²) in [4.78, 5) is 62.9. The van der Waals surface area contributed by atoms with Crippen molar-refractivity contribution in [3.63, 3.8) is 0 Å². The number of halogens is 1. The number of aromatic nitrogens is 1. The van der Waals surface area contributed by atoms with Crippen molar-refractivity contribution in [2.24, 2.45) is 0 Å². The Morgan fingerprint density at radius 1 is 1.29 bits per heavy atom. The summed E-state index contributed by atoms with van der Waals surface area (Å²) < 4.78 is 1.14. The van der Waals surface area contributed by atoms with Crippen molar-refractivity contribution in [2.75, 3.05) is 17.6 Å². The molecule has 0 radical (unpaired) electrons. The van der Waals surface area contributed by atoms with Crippen LogP contribution in [0.1, 0.15) is 29.7 Å². The molecule has 3 atom stereocenters. The van der Waals surface area contributed by atoms with E-state index in [0.717, 1.165) is 15.5 Å². The second-order valence-corrected chi connectivity index (χ2v) is 8.40. The first kappa shape index (κ1) is 25.5. The molecule has 2 heterocycles. The van der Waals surface area contributed by atoms with E-state index < -0.39 is 47.4 Å². The van der Waals surface area contributed by atoms with E-state index >= 15 is 0 Å². The number of nitrogens with zero attached hydrogens (tertiary/aromatic N) is 2. The molecule has 1 fully saturated rings. The minimum Gasteiger partial charge on any atom is -0.480 e. The van der Waals surface area contributed by atoms with E-state index in [2.05, 4.69) is 17.2 Å². The Labute approximate surface area is 205 Å². The summed E-state index contributed by atoms with van der Waals surface area (Å²) in [6.07, 6.45) is 2.42. The second kappa shape index (κ2) is 10.4. The number of carbonyl (C=O) groups is 4. The van der Waals surface area contributed by atoms with E-state index in [0.29, 0.717) is 5.69 Å². The van der Waals surface area contributed by atoms with Crippen LogP contribution in [0.4, 0.5) is 11.4 Å². The van der Waals surface area contributed by atoms with Crippen molar-refractivity contribution in [1.82, 2.24) is 14.8 Å². The van der Waals surface area contributed by atoms with E-state index in [1.807, 2.05) is 0 Å². The molecule has 0 saturated carbocycles. The molecule has 0 bridgehead atoms. The van der Waals surface area contributed by atoms with Crippen LogP contribution in [0.5, 0.6) is 0 Å². The molecule has 5 N–H and O–H groups in total. The number of nitrogens with one attached hydrogen (secondary N) is 2. The number of anilines is 2. The molecular formula is C23H24ClN5O6. The van der Waals surface area contributed by atoms with Gasteiger partial charge in [-0.1, -0.05) is 18.2 Å². The predicted molar refractivity (Wildman–Crippen MR) is 129 cm³/mol. The summed E-state index contributed by atoms with van der Waals surface area (Å²) in [7, 11) is 0. The first-order valence-corrected chi connectivity index (χ1v) is 10.9. The minimum absolute atomic E-state index is 0.00454. The van der Waals surface area contributed by atoms with Crippen molar-refractivity contribution in [2.45, 2.75) is 31.5 Å². The van der Waals surface area contributed by atoms with Crippen LogP contribution in [0.15, 0.2) is 54.0 Å². The molecule has 1 unspecified atom stereocenters. The van der Waals surface area contributed by atoms with Crippen LogP contribution in [-0.4, -0.2) is 56.9 Å². The maximum atomic E-state index is 12.9. The van der Waals surface area contributed by atoms with Gasteiger partial charge in [0.05, 0.1) is 10.7 Å². The van der Waals surface area contributed by atoms with Crippen LogP contribution in [0, 0.1) is 0 Å². The number of carboxylic acids is 1. The van der Waals surface area contributed by atoms with Crippen molar-refractivity contribution in [1.29, 1.82) is 0 Å². The average molecular weight is 502 g/mol. The molecule has 1 aliphatic rings. The van der Waals surface area contributed by atoms with Crippen molar-refractivity contribution < 1.29 is 24.3 Å². The number of rotatable bonds is 7. The van der Waals surface area contributed by atoms with Gasteiger partial charge in [0, 0.05) is 30.8 Å². The number of benzene rings is 1. The summed E-state index contributed by atoms with van der Waals surface area (Å²) in [5.41, 5.74) is 5.47. The number of carbonyl (C=O) groups excluding carboxylic acids is 3. The summed E-state index contributed by atoms with van der Waals surface area (Å²) in [6.45, 7) is 4.85. The topological polar surface area (TPSA) is 164 Å². The molecule has 1 saturated heterocycles. The van der Waals surface area contributed by atoms with Crippen LogP contribution in [0.3, 0.4) is 0 Å². The van der Waals surface area contributed by atoms with E-state index in [9.17, 15) is 29.1 Å². The number of likely N-dealkylation sites (tertiary alicyclic amines) is 1. The Bertz CT molecular complexity index is 1260. The highest BCUT2D eigenvalue weighted by atomic mass is 35.5. The Morgan fingerprint density at radius 3 is 2.63 bits per heavy atom. The van der Waals surface area contributed by atoms with E-state index in [4.69, 9.17) is 17.3 Å². The molecule has 1 aromatic heterocycles. The minimum atomic E-state index is -1.19. The lowest BCUT2D eigenvalue weighted by Crippen LogP contribution is -2.43. The van der Waals surface area contributed by atoms with E-state index in [1.165, 1.54) is 43.5 Å². The predicted octanol–water partition coefficient (Wildman–Crippen LogP) is 1.25. The van der Waals surface area contributed by atoms with E-state index in [-0.39, 0.29) is 29.2 Å². The molecule has 3 amide bonds. The third-order valence-corrected chi connectivity index (χ3v) is 6.00. The third kappa shape index (κ3) is 5.52. The number of pyridine rings is 1. The zero-order valence-electron chi connectivity index (χ0n) is 18.7. The lowest BCUT2D eigenvalue weighted by Gasteiger charge is -2.20. The lowest BCUT2D eigenvalue weighted by atomic mass is 10.1. The standard InChI is InChI=1S/C23H24ClN5O6/c1-3-19(30)29-11-14(10-18(29)23(34)35)26-20(31)12(2)28-8-4-5-17(22(28)33)27-21(32)13-6-7-16(25)15(24)9-13/h3-9,12,14,18H,1,10-11,25H2,2H3,(H,26,31)(H,27,32)(H,34,35)/t12?,14-,18+/m1/s1. The fourth-order valence-electron chi connectivity index (χ4n) is 3.76. The lowest BCUT2D eigenvalue weighted by molar-refractivity contribution is -0.146. The number of carboxylic acid groups (broad SMARTS) is 1. The van der Waals surface area contributed by atoms with Gasteiger partial charge in [0.1, 0.15) is 17.8 Å². The number of nitrogens with two attached hydrogens (primary N) is 1. The van der Waals surface area contributed by atoms with Crippen LogP contribution >= 0.6 is 11.6 Å². The number of amides is 3. The monoisotopic (exact) mass is 501 g/mol. The van der Waals surface area contributed by atoms with Crippen LogP contribution in [-0.2, 0) is 14.4 Å². The van der Waals surface area contributed by atoms with Gasteiger partial charge < -0.3 is 30.9 Å². The van der Waals surface area contributed by atoms with Crippen LogP contribution < -0.4 is 21.9 Å². The summed E-state index contributed by atoms with van der Waals surface area (Å²) in [5.74, 6) is -2.88. The highest BCUT2D eigenvalue weighted by molar-refractivity contribution is 6.33. The van der Waals surface area contributed by atoms with Crippen molar-refractivity contribution in [3.05, 3.63) is 70.1 Å². The van der Waals surface area contributed by atoms with Crippen molar-refractivity contribution in [3.8, 4) is 0 Å². The summed E-state index contributed by atoms with van der Waals surface area (Å²) in [6, 6.07) is 4.49. The molecule has 1 aliphatic heterocycles. The largest absolute Gasteiger partial charge is 0.480 e. The van der Waals surface area contributed by atoms with Gasteiger partial charge in [-0.3, -0.25) is 19.2 Å². The Hall–Kier alpha value is -4.12. The highest BCUT2D eigenvalue weighted by Gasteiger charge is 2.39. The number of hydrogen-bond acceptors (Lipinski definition) is 6. The molecule has 0 spiro atoms. The number of nitrogen functional groups attached to an aromatic ring is 1. The summed E-state index contributed by atoms with van der Waals surface area (Å²) in [5, 5.41) is 14.8. The molecule has 1 aromatic carbocycles. The SMILES string of the molecule is C=CC(=O)N1C[C@H](NC(=O)C(C)n2cccc(NC(=O)c3ccc(N)c(Cl)c3)c2=O)C[C@H]1C(=O)O. The van der Waals surface area contributed by atoms with Gasteiger partial charge in [0.2, 0.25) is 11.8 Å². The van der Waals surface area contributed by atoms with Gasteiger partial charge >= 0.3 is 5.97 Å². The fraction of sp³-hybridized carbons (Fsp3) is 0.261. The Morgan fingerprint density at radius 2 is 2.00 bits per heavy atom. The third-order valence-electron chi connectivity index (χ3n) is 5.67. The molecule has 11 nitrogen and oxygen atoms in total. The molecule has 0 aliphatic carbocycles. The molecule has 184 valence electrons. The zero-order chi connectivity index (χ0) is 25.9. The smallest absolute Gasteiger partial charge is 0.326 e. The van der Waals surface area contributed by atoms with E-state index in [1.54, 1.807) is 0 Å². The van der Waals surface area contributed by atoms with Gasteiger partial charge in [-0.05, 0) is 43.3 Å². The van der Waals surface area contributed by atoms with Gasteiger partial charge in [-0.15, -0.1) is 0 Å². The maximum absolute atomic E-state index is 12.9. The molecule has 12 heteroatoms. The normalized spacial score (nSPS) is 17.9. The number of aliphatic carboxylic acids is 1. The summed E-state index contributed by atoms with van der Waals surface area (Å²) >= 11 is 5.95. The Balaban J connectivity index is 1.73. The fourth-order valence-corrected chi connectivity index (χ4v) is 3.94. The van der Waals surface area contributed by atoms with Crippen LogP contribution in [0.25, 0.3) is 0 Å². The van der Waals surface area contributed by atoms with Gasteiger partial charge in [0.15, 0.2) is 0 Å². The van der Waals surface area contributed by atoms with Gasteiger partial charge in [-0.2, -0.15) is 0 Å². The molecule has 2 aromatic rings. The Kier molecular flexibility index (Phi) is 7.60. The number of hydrogen-bond donors (Lipinski definition) is 4. The first-order valence-electron chi connectivity index (χ1n) is 10.6. The van der Waals surface area contributed by atoms with Crippen molar-refractivity contribution >= 4 is 46.7 Å². The molecule has 3 rings (SSSR count). The molecule has 35 heavy (non-hydrogen) atoms.